The molecule has 1 aliphatic heterocycles. The summed E-state index contributed by atoms with van der Waals surface area (Å²) in [6.07, 6.45) is 3.88. The molecule has 0 aromatic rings. The molecule has 0 aromatic heterocycles. The van der Waals surface area contributed by atoms with Crippen LogP contribution in [0.3, 0.4) is 0 Å². The number of piperidine rings is 1. The van der Waals surface area contributed by atoms with Gasteiger partial charge in [0, 0.05) is 36.8 Å². The van der Waals surface area contributed by atoms with Crippen LogP contribution < -0.4 is 0 Å². The van der Waals surface area contributed by atoms with Crippen molar-refractivity contribution in [3.8, 4) is 0 Å². The number of aldehydes is 1. The maximum Gasteiger partial charge on any atom is 0.306 e. The third-order valence-electron chi connectivity index (χ3n) is 4.27. The van der Waals surface area contributed by atoms with E-state index >= 15 is 0 Å². The van der Waals surface area contributed by atoms with Crippen LogP contribution in [0.15, 0.2) is 0 Å². The summed E-state index contributed by atoms with van der Waals surface area (Å²) >= 11 is 0. The number of rotatable bonds is 5. The Morgan fingerprint density at radius 3 is 2.26 bits per heavy atom. The van der Waals surface area contributed by atoms with Crippen molar-refractivity contribution < 1.29 is 14.3 Å². The Kier molecular flexibility index (Phi) is 5.13. The number of carbonyl (C=O) groups is 2. The van der Waals surface area contributed by atoms with Crippen LogP contribution in [0.2, 0.25) is 0 Å². The van der Waals surface area contributed by atoms with Gasteiger partial charge in [0.05, 0.1) is 0 Å². The van der Waals surface area contributed by atoms with Gasteiger partial charge in [-0.05, 0) is 41.2 Å². The lowest BCUT2D eigenvalue weighted by Gasteiger charge is -2.53. The zero-order chi connectivity index (χ0) is 14.7. The highest BCUT2D eigenvalue weighted by atomic mass is 16.5. The van der Waals surface area contributed by atoms with Gasteiger partial charge in [0.1, 0.15) is 12.4 Å². The summed E-state index contributed by atoms with van der Waals surface area (Å²) in [5.74, 6) is -0.178. The normalized spacial score (nSPS) is 23.0. The summed E-state index contributed by atoms with van der Waals surface area (Å²) in [5.41, 5.74) is 0.0466. The molecule has 1 aliphatic rings. The van der Waals surface area contributed by atoms with Crippen LogP contribution in [0.25, 0.3) is 0 Å². The summed E-state index contributed by atoms with van der Waals surface area (Å²) in [5, 5.41) is 0. The zero-order valence-electron chi connectivity index (χ0n) is 12.9. The molecule has 0 unspecified atom stereocenters. The molecule has 0 aliphatic carbocycles. The molecule has 110 valence electrons. The van der Waals surface area contributed by atoms with Gasteiger partial charge in [-0.2, -0.15) is 0 Å². The molecule has 1 heterocycles. The van der Waals surface area contributed by atoms with E-state index in [1.807, 2.05) is 0 Å². The average molecular weight is 269 g/mol. The Hall–Kier alpha value is -0.900. The second kappa shape index (κ2) is 6.04. The third-order valence-corrected chi connectivity index (χ3v) is 4.27. The molecule has 19 heavy (non-hydrogen) atoms. The van der Waals surface area contributed by atoms with Crippen LogP contribution in [0, 0.1) is 0 Å². The van der Waals surface area contributed by atoms with Gasteiger partial charge < -0.3 is 9.53 Å². The fourth-order valence-corrected chi connectivity index (χ4v) is 2.94. The molecular formula is C15H27NO3. The molecule has 1 saturated heterocycles. The molecule has 0 spiro atoms. The van der Waals surface area contributed by atoms with Gasteiger partial charge in [-0.1, -0.05) is 0 Å². The highest BCUT2D eigenvalue weighted by Crippen LogP contribution is 2.38. The van der Waals surface area contributed by atoms with Gasteiger partial charge in [-0.25, -0.2) is 0 Å². The lowest BCUT2D eigenvalue weighted by Crippen LogP contribution is -2.60. The molecule has 0 N–H and O–H groups in total. The van der Waals surface area contributed by atoms with E-state index in [2.05, 4.69) is 39.6 Å². The van der Waals surface area contributed by atoms with Crippen molar-refractivity contribution in [2.75, 3.05) is 7.05 Å². The van der Waals surface area contributed by atoms with E-state index in [9.17, 15) is 9.59 Å². The number of likely N-dealkylation sites (tertiary alicyclic amines) is 1. The van der Waals surface area contributed by atoms with Crippen molar-refractivity contribution in [2.24, 2.45) is 0 Å². The van der Waals surface area contributed by atoms with Gasteiger partial charge in [-0.15, -0.1) is 0 Å². The van der Waals surface area contributed by atoms with E-state index in [0.717, 1.165) is 19.1 Å². The van der Waals surface area contributed by atoms with E-state index in [1.165, 1.54) is 0 Å². The Balaban J connectivity index is 2.55. The van der Waals surface area contributed by atoms with Gasteiger partial charge in [0.25, 0.3) is 0 Å². The SMILES string of the molecule is CN1C(C)(C)CC(OC(=O)CCCC=O)CC1(C)C. The van der Waals surface area contributed by atoms with Gasteiger partial charge >= 0.3 is 5.97 Å². The van der Waals surface area contributed by atoms with Gasteiger partial charge in [0.2, 0.25) is 0 Å². The van der Waals surface area contributed by atoms with Crippen molar-refractivity contribution in [1.82, 2.24) is 4.90 Å². The predicted octanol–water partition coefficient (Wildman–Crippen LogP) is 2.55. The van der Waals surface area contributed by atoms with Crippen LogP contribution >= 0.6 is 0 Å². The second-order valence-corrected chi connectivity index (χ2v) is 6.76. The summed E-state index contributed by atoms with van der Waals surface area (Å²) in [4.78, 5) is 24.3. The molecule has 0 radical (unpaired) electrons. The van der Waals surface area contributed by atoms with E-state index in [1.54, 1.807) is 0 Å². The highest BCUT2D eigenvalue weighted by molar-refractivity contribution is 5.70. The molecule has 0 aromatic carbocycles. The number of ether oxygens (including phenoxy) is 1. The Morgan fingerprint density at radius 1 is 1.26 bits per heavy atom. The second-order valence-electron chi connectivity index (χ2n) is 6.76. The molecule has 0 atom stereocenters. The minimum absolute atomic E-state index is 0.0232. The fraction of sp³-hybridized carbons (Fsp3) is 0.867. The zero-order valence-corrected chi connectivity index (χ0v) is 12.9. The smallest absolute Gasteiger partial charge is 0.306 e. The minimum atomic E-state index is -0.178. The summed E-state index contributed by atoms with van der Waals surface area (Å²) in [6, 6.07) is 0. The molecule has 1 fully saturated rings. The minimum Gasteiger partial charge on any atom is -0.462 e. The molecular weight excluding hydrogens is 242 g/mol. The largest absolute Gasteiger partial charge is 0.462 e. The van der Waals surface area contributed by atoms with E-state index < -0.39 is 0 Å². The monoisotopic (exact) mass is 269 g/mol. The van der Waals surface area contributed by atoms with Crippen molar-refractivity contribution in [1.29, 1.82) is 0 Å². The quantitative estimate of drug-likeness (QED) is 0.437. The number of carbonyl (C=O) groups excluding carboxylic acids is 2. The van der Waals surface area contributed by atoms with Crippen LogP contribution in [0.4, 0.5) is 0 Å². The number of hydrogen-bond donors (Lipinski definition) is 0. The molecule has 0 amide bonds. The van der Waals surface area contributed by atoms with Crippen molar-refractivity contribution in [3.63, 3.8) is 0 Å². The molecule has 4 nitrogen and oxygen atoms in total. The van der Waals surface area contributed by atoms with E-state index in [0.29, 0.717) is 19.3 Å². The van der Waals surface area contributed by atoms with Crippen LogP contribution in [0.5, 0.6) is 0 Å². The number of nitrogens with zero attached hydrogens (tertiary/aromatic N) is 1. The maximum atomic E-state index is 11.7. The summed E-state index contributed by atoms with van der Waals surface area (Å²) < 4.78 is 5.58. The van der Waals surface area contributed by atoms with Gasteiger partial charge in [-0.3, -0.25) is 9.69 Å². The third kappa shape index (κ3) is 4.30. The van der Waals surface area contributed by atoms with Crippen molar-refractivity contribution in [3.05, 3.63) is 0 Å². The number of hydrogen-bond acceptors (Lipinski definition) is 4. The van der Waals surface area contributed by atoms with Crippen LogP contribution in [-0.4, -0.2) is 41.4 Å². The standard InChI is InChI=1S/C15H27NO3/c1-14(2)10-12(11-15(3,4)16(14)5)19-13(18)8-6-7-9-17/h9,12H,6-8,10-11H2,1-5H3. The lowest BCUT2D eigenvalue weighted by molar-refractivity contribution is -0.158. The molecule has 0 bridgehead atoms. The molecule has 0 saturated carbocycles. The maximum absolute atomic E-state index is 11.7. The first-order valence-corrected chi connectivity index (χ1v) is 7.06. The fourth-order valence-electron chi connectivity index (χ4n) is 2.94. The topological polar surface area (TPSA) is 46.6 Å². The van der Waals surface area contributed by atoms with E-state index in [-0.39, 0.29) is 23.2 Å². The first-order valence-electron chi connectivity index (χ1n) is 7.06. The Labute approximate surface area is 116 Å². The first kappa shape index (κ1) is 16.2. The summed E-state index contributed by atoms with van der Waals surface area (Å²) in [7, 11) is 2.13. The lowest BCUT2D eigenvalue weighted by atomic mass is 9.79. The average Bonchev–Trinajstić information content (AvgIpc) is 2.25. The molecule has 1 rings (SSSR count). The first-order chi connectivity index (χ1) is 8.69. The van der Waals surface area contributed by atoms with Crippen molar-refractivity contribution in [2.45, 2.75) is 77.0 Å². The highest BCUT2D eigenvalue weighted by Gasteiger charge is 2.44. The van der Waals surface area contributed by atoms with Crippen LogP contribution in [-0.2, 0) is 14.3 Å². The Morgan fingerprint density at radius 2 is 1.79 bits per heavy atom. The predicted molar refractivity (Wildman–Crippen MR) is 75.0 cm³/mol. The Bertz CT molecular complexity index is 318. The van der Waals surface area contributed by atoms with Gasteiger partial charge in [0.15, 0.2) is 0 Å². The molecule has 4 heteroatoms. The van der Waals surface area contributed by atoms with E-state index in [4.69, 9.17) is 4.74 Å². The van der Waals surface area contributed by atoms with Crippen LogP contribution in [0.1, 0.15) is 59.8 Å². The summed E-state index contributed by atoms with van der Waals surface area (Å²) in [6.45, 7) is 8.73. The number of unbranched alkanes of at least 4 members (excludes halogenated alkanes) is 1. The number of esters is 1. The van der Waals surface area contributed by atoms with Crippen molar-refractivity contribution >= 4 is 12.3 Å².